The molecule has 1 aliphatic rings. The molecule has 0 spiro atoms. The average Bonchev–Trinajstić information content (AvgIpc) is 2.36. The van der Waals surface area contributed by atoms with Crippen LogP contribution >= 0.6 is 0 Å². The Morgan fingerprint density at radius 1 is 1.22 bits per heavy atom. The second-order valence-corrected chi connectivity index (χ2v) is 7.17. The molecule has 0 aromatic rings. The molecule has 6 heteroatoms. The second-order valence-electron chi connectivity index (χ2n) is 5.13. The van der Waals surface area contributed by atoms with Gasteiger partial charge in [0.2, 0.25) is 15.9 Å². The van der Waals surface area contributed by atoms with Gasteiger partial charge in [-0.15, -0.1) is 0 Å². The molecule has 0 aromatic carbocycles. The normalized spacial score (nSPS) is 19.0. The molecule has 1 rings (SSSR count). The first-order chi connectivity index (χ1) is 8.37. The van der Waals surface area contributed by atoms with Crippen LogP contribution in [-0.4, -0.2) is 44.1 Å². The van der Waals surface area contributed by atoms with E-state index in [9.17, 15) is 13.2 Å². The molecule has 0 aliphatic carbocycles. The Kier molecular flexibility index (Phi) is 5.59. The van der Waals surface area contributed by atoms with E-state index in [0.29, 0.717) is 0 Å². The number of carbonyl (C=O) groups is 1. The van der Waals surface area contributed by atoms with Crippen molar-refractivity contribution in [2.24, 2.45) is 5.92 Å². The van der Waals surface area contributed by atoms with Gasteiger partial charge < -0.3 is 4.90 Å². The van der Waals surface area contributed by atoms with Gasteiger partial charge in [0.15, 0.2) is 0 Å². The van der Waals surface area contributed by atoms with E-state index in [4.69, 9.17) is 0 Å². The van der Waals surface area contributed by atoms with E-state index < -0.39 is 16.1 Å². The Balaban J connectivity index is 2.75. The first kappa shape index (κ1) is 15.4. The number of nitrogens with one attached hydrogen (secondary N) is 1. The van der Waals surface area contributed by atoms with E-state index in [0.717, 1.165) is 32.4 Å². The molecule has 0 radical (unpaired) electrons. The highest BCUT2D eigenvalue weighted by Crippen LogP contribution is 2.14. The number of carbonyl (C=O) groups excluding carboxylic acids is 1. The van der Waals surface area contributed by atoms with E-state index in [-0.39, 0.29) is 17.6 Å². The number of likely N-dealkylation sites (tertiary alicyclic amines) is 1. The van der Waals surface area contributed by atoms with Crippen LogP contribution in [-0.2, 0) is 14.8 Å². The second kappa shape index (κ2) is 6.52. The van der Waals surface area contributed by atoms with E-state index >= 15 is 0 Å². The molecular weight excluding hydrogens is 252 g/mol. The molecule has 0 aromatic heterocycles. The minimum Gasteiger partial charge on any atom is -0.341 e. The molecule has 1 amide bonds. The first-order valence-electron chi connectivity index (χ1n) is 6.66. The van der Waals surface area contributed by atoms with Gasteiger partial charge in [-0.25, -0.2) is 13.1 Å². The number of rotatable bonds is 5. The Morgan fingerprint density at radius 3 is 2.22 bits per heavy atom. The fourth-order valence-corrected chi connectivity index (χ4v) is 2.99. The van der Waals surface area contributed by atoms with E-state index in [1.165, 1.54) is 0 Å². The molecule has 0 unspecified atom stereocenters. The fraction of sp³-hybridized carbons (Fsp3) is 0.917. The summed E-state index contributed by atoms with van der Waals surface area (Å²) in [6, 6.07) is -0.631. The third kappa shape index (κ3) is 4.24. The molecule has 1 saturated heterocycles. The van der Waals surface area contributed by atoms with Crippen molar-refractivity contribution in [2.75, 3.05) is 18.8 Å². The summed E-state index contributed by atoms with van der Waals surface area (Å²) < 4.78 is 25.8. The summed E-state index contributed by atoms with van der Waals surface area (Å²) in [5, 5.41) is 0. The van der Waals surface area contributed by atoms with Gasteiger partial charge in [-0.2, -0.15) is 0 Å². The fourth-order valence-electron chi connectivity index (χ4n) is 2.06. The van der Waals surface area contributed by atoms with Crippen LogP contribution in [0.25, 0.3) is 0 Å². The molecule has 1 fully saturated rings. The zero-order valence-electron chi connectivity index (χ0n) is 11.5. The van der Waals surface area contributed by atoms with Crippen LogP contribution in [0.4, 0.5) is 0 Å². The van der Waals surface area contributed by atoms with Crippen molar-refractivity contribution in [1.82, 2.24) is 9.62 Å². The average molecular weight is 276 g/mol. The summed E-state index contributed by atoms with van der Waals surface area (Å²) in [5.41, 5.74) is 0. The summed E-state index contributed by atoms with van der Waals surface area (Å²) in [5.74, 6) is -0.119. The lowest BCUT2D eigenvalue weighted by molar-refractivity contribution is -0.134. The summed E-state index contributed by atoms with van der Waals surface area (Å²) in [6.07, 6.45) is 3.17. The summed E-state index contributed by atoms with van der Waals surface area (Å²) >= 11 is 0. The van der Waals surface area contributed by atoms with Crippen LogP contribution in [0.15, 0.2) is 0 Å². The van der Waals surface area contributed by atoms with Gasteiger partial charge in [-0.1, -0.05) is 13.8 Å². The third-order valence-electron chi connectivity index (χ3n) is 3.29. The molecule has 106 valence electrons. The molecule has 1 N–H and O–H groups in total. The monoisotopic (exact) mass is 276 g/mol. The van der Waals surface area contributed by atoms with E-state index in [2.05, 4.69) is 4.72 Å². The molecule has 1 atom stereocenters. The highest BCUT2D eigenvalue weighted by atomic mass is 32.2. The predicted molar refractivity (Wildman–Crippen MR) is 71.7 cm³/mol. The minimum atomic E-state index is -3.34. The van der Waals surface area contributed by atoms with Gasteiger partial charge in [0.1, 0.15) is 6.04 Å². The van der Waals surface area contributed by atoms with Crippen LogP contribution in [0, 0.1) is 5.92 Å². The third-order valence-corrected chi connectivity index (χ3v) is 4.66. The van der Waals surface area contributed by atoms with Gasteiger partial charge in [0.05, 0.1) is 5.75 Å². The number of sulfonamides is 1. The van der Waals surface area contributed by atoms with Crippen LogP contribution in [0.3, 0.4) is 0 Å². The minimum absolute atomic E-state index is 0.00347. The van der Waals surface area contributed by atoms with Crippen molar-refractivity contribution in [3.05, 3.63) is 0 Å². The largest absolute Gasteiger partial charge is 0.341 e. The Hall–Kier alpha value is -0.620. The van der Waals surface area contributed by atoms with Crippen molar-refractivity contribution in [3.8, 4) is 0 Å². The Bertz CT molecular complexity index is 373. The highest BCUT2D eigenvalue weighted by Gasteiger charge is 2.30. The number of nitrogens with zero attached hydrogens (tertiary/aromatic N) is 1. The molecule has 5 nitrogen and oxygen atoms in total. The van der Waals surface area contributed by atoms with Gasteiger partial charge >= 0.3 is 0 Å². The topological polar surface area (TPSA) is 66.5 Å². The standard InChI is InChI=1S/C12H24N2O3S/c1-4-18(16,17)13-11(10(2)3)12(15)14-8-6-5-7-9-14/h10-11,13H,4-9H2,1-3H3/t11-/m1/s1. The zero-order valence-corrected chi connectivity index (χ0v) is 12.3. The lowest BCUT2D eigenvalue weighted by Gasteiger charge is -2.32. The van der Waals surface area contributed by atoms with Gasteiger partial charge in [-0.05, 0) is 32.1 Å². The first-order valence-corrected chi connectivity index (χ1v) is 8.31. The van der Waals surface area contributed by atoms with Gasteiger partial charge in [0, 0.05) is 13.1 Å². The lowest BCUT2D eigenvalue weighted by Crippen LogP contribution is -2.52. The molecule has 0 bridgehead atoms. The number of piperidine rings is 1. The van der Waals surface area contributed by atoms with Gasteiger partial charge in [-0.3, -0.25) is 4.79 Å². The summed E-state index contributed by atoms with van der Waals surface area (Å²) in [7, 11) is -3.34. The summed E-state index contributed by atoms with van der Waals surface area (Å²) in [4.78, 5) is 14.1. The molecule has 18 heavy (non-hydrogen) atoms. The Morgan fingerprint density at radius 2 is 1.78 bits per heavy atom. The lowest BCUT2D eigenvalue weighted by atomic mass is 10.0. The van der Waals surface area contributed by atoms with Crippen molar-refractivity contribution < 1.29 is 13.2 Å². The van der Waals surface area contributed by atoms with Crippen LogP contribution in [0.1, 0.15) is 40.0 Å². The predicted octanol–water partition coefficient (Wildman–Crippen LogP) is 0.963. The smallest absolute Gasteiger partial charge is 0.241 e. The molecule has 0 saturated carbocycles. The van der Waals surface area contributed by atoms with Crippen molar-refractivity contribution >= 4 is 15.9 Å². The molecular formula is C12H24N2O3S. The maximum atomic E-state index is 12.3. The Labute approximate surface area is 110 Å². The van der Waals surface area contributed by atoms with Crippen molar-refractivity contribution in [2.45, 2.75) is 46.1 Å². The zero-order chi connectivity index (χ0) is 13.8. The number of hydrogen-bond donors (Lipinski definition) is 1. The van der Waals surface area contributed by atoms with Crippen molar-refractivity contribution in [3.63, 3.8) is 0 Å². The number of hydrogen-bond acceptors (Lipinski definition) is 3. The quantitative estimate of drug-likeness (QED) is 0.813. The maximum Gasteiger partial charge on any atom is 0.241 e. The summed E-state index contributed by atoms with van der Waals surface area (Å²) in [6.45, 7) is 6.80. The van der Waals surface area contributed by atoms with E-state index in [1.807, 2.05) is 13.8 Å². The molecule has 1 aliphatic heterocycles. The van der Waals surface area contributed by atoms with Crippen LogP contribution in [0.5, 0.6) is 0 Å². The van der Waals surface area contributed by atoms with Crippen LogP contribution < -0.4 is 4.72 Å². The molecule has 1 heterocycles. The number of amides is 1. The van der Waals surface area contributed by atoms with Gasteiger partial charge in [0.25, 0.3) is 0 Å². The van der Waals surface area contributed by atoms with Crippen LogP contribution in [0.2, 0.25) is 0 Å². The van der Waals surface area contributed by atoms with Crippen molar-refractivity contribution in [1.29, 1.82) is 0 Å². The highest BCUT2D eigenvalue weighted by molar-refractivity contribution is 7.89. The SMILES string of the molecule is CCS(=O)(=O)N[C@@H](C(=O)N1CCCCC1)C(C)C. The maximum absolute atomic E-state index is 12.3. The van der Waals surface area contributed by atoms with E-state index in [1.54, 1.807) is 11.8 Å².